The minimum atomic E-state index is 0. The number of hydrogen-bond donors (Lipinski definition) is 1. The van der Waals surface area contributed by atoms with E-state index in [2.05, 4.69) is 12.6 Å². The Labute approximate surface area is 76.7 Å². The molecule has 3 heteroatoms. The van der Waals surface area contributed by atoms with Crippen LogP contribution in [0.1, 0.15) is 0 Å². The van der Waals surface area contributed by atoms with Crippen LogP contribution < -0.4 is 4.74 Å². The summed E-state index contributed by atoms with van der Waals surface area (Å²) in [6.45, 7) is 0. The average molecular weight is 204 g/mol. The summed E-state index contributed by atoms with van der Waals surface area (Å²) in [6.07, 6.45) is 0. The second kappa shape index (κ2) is 4.67. The van der Waals surface area contributed by atoms with E-state index in [1.54, 1.807) is 7.11 Å². The zero-order valence-electron chi connectivity index (χ0n) is 5.47. The van der Waals surface area contributed by atoms with Gasteiger partial charge < -0.3 is 4.74 Å². The van der Waals surface area contributed by atoms with Gasteiger partial charge in [-0.15, -0.1) is 12.6 Å². The zero-order valence-corrected chi connectivity index (χ0v) is 7.30. The van der Waals surface area contributed by atoms with Gasteiger partial charge in [-0.25, -0.2) is 0 Å². The molecular weight excluding hydrogens is 196 g/mol. The molecule has 1 aromatic carbocycles. The minimum Gasteiger partial charge on any atom is -0.497 e. The molecule has 59 valence electrons. The Morgan fingerprint density at radius 1 is 1.40 bits per heavy atom. The fourth-order valence-electron chi connectivity index (χ4n) is 0.610. The monoisotopic (exact) mass is 203 g/mol. The molecule has 0 saturated heterocycles. The van der Waals surface area contributed by atoms with Crippen molar-refractivity contribution in [1.82, 2.24) is 0 Å². The topological polar surface area (TPSA) is 9.23 Å². The SMILES string of the molecule is COc1cccc(S)c1.[Cu]. The summed E-state index contributed by atoms with van der Waals surface area (Å²) < 4.78 is 4.95. The van der Waals surface area contributed by atoms with Crippen LogP contribution in [0.15, 0.2) is 29.2 Å². The van der Waals surface area contributed by atoms with Crippen LogP contribution in [0, 0.1) is 0 Å². The smallest absolute Gasteiger partial charge is 0.119 e. The second-order valence-corrected chi connectivity index (χ2v) is 2.22. The van der Waals surface area contributed by atoms with Crippen LogP contribution in [-0.2, 0) is 17.1 Å². The molecule has 0 atom stereocenters. The molecule has 0 bridgehead atoms. The summed E-state index contributed by atoms with van der Waals surface area (Å²) in [4.78, 5) is 0.925. The third-order valence-electron chi connectivity index (χ3n) is 1.05. The quantitative estimate of drug-likeness (QED) is 0.543. The number of thiol groups is 1. The second-order valence-electron chi connectivity index (χ2n) is 1.70. The van der Waals surface area contributed by atoms with E-state index in [-0.39, 0.29) is 17.1 Å². The zero-order chi connectivity index (χ0) is 6.69. The van der Waals surface area contributed by atoms with E-state index in [1.807, 2.05) is 24.3 Å². The first-order valence-electron chi connectivity index (χ1n) is 2.66. The van der Waals surface area contributed by atoms with E-state index in [0.717, 1.165) is 10.6 Å². The molecule has 1 radical (unpaired) electrons. The Bertz CT molecular complexity index is 203. The molecule has 0 heterocycles. The van der Waals surface area contributed by atoms with Crippen LogP contribution in [0.2, 0.25) is 0 Å². The van der Waals surface area contributed by atoms with Crippen molar-refractivity contribution in [3.05, 3.63) is 24.3 Å². The standard InChI is InChI=1S/C7H8OS.Cu/c1-8-6-3-2-4-7(9)5-6;/h2-5,9H,1H3;. The summed E-state index contributed by atoms with van der Waals surface area (Å²) in [5.41, 5.74) is 0. The van der Waals surface area contributed by atoms with Crippen LogP contribution in [-0.4, -0.2) is 7.11 Å². The van der Waals surface area contributed by atoms with E-state index in [4.69, 9.17) is 4.74 Å². The van der Waals surface area contributed by atoms with Crippen molar-refractivity contribution in [2.24, 2.45) is 0 Å². The van der Waals surface area contributed by atoms with Gasteiger partial charge in [0.05, 0.1) is 7.11 Å². The Morgan fingerprint density at radius 3 is 2.50 bits per heavy atom. The molecule has 0 spiro atoms. The molecule has 0 N–H and O–H groups in total. The van der Waals surface area contributed by atoms with Gasteiger partial charge in [0.2, 0.25) is 0 Å². The maximum atomic E-state index is 4.95. The van der Waals surface area contributed by atoms with Crippen LogP contribution in [0.3, 0.4) is 0 Å². The molecule has 0 aromatic heterocycles. The van der Waals surface area contributed by atoms with Gasteiger partial charge in [-0.05, 0) is 18.2 Å². The third-order valence-corrected chi connectivity index (χ3v) is 1.33. The molecule has 1 nitrogen and oxygen atoms in total. The van der Waals surface area contributed by atoms with Gasteiger partial charge in [0.15, 0.2) is 0 Å². The summed E-state index contributed by atoms with van der Waals surface area (Å²) in [6, 6.07) is 7.57. The molecule has 0 saturated carbocycles. The van der Waals surface area contributed by atoms with Gasteiger partial charge in [0.25, 0.3) is 0 Å². The average Bonchev–Trinajstić information content (AvgIpc) is 1.88. The van der Waals surface area contributed by atoms with Gasteiger partial charge in [-0.1, -0.05) is 6.07 Å². The molecular formula is C7H8CuOS. The van der Waals surface area contributed by atoms with E-state index >= 15 is 0 Å². The van der Waals surface area contributed by atoms with Crippen LogP contribution >= 0.6 is 12.6 Å². The van der Waals surface area contributed by atoms with Gasteiger partial charge in [-0.3, -0.25) is 0 Å². The largest absolute Gasteiger partial charge is 0.497 e. The fraction of sp³-hybridized carbons (Fsp3) is 0.143. The Balaban J connectivity index is 0.000000810. The van der Waals surface area contributed by atoms with E-state index in [9.17, 15) is 0 Å². The van der Waals surface area contributed by atoms with E-state index in [1.165, 1.54) is 0 Å². The number of rotatable bonds is 1. The van der Waals surface area contributed by atoms with Crippen LogP contribution in [0.5, 0.6) is 5.75 Å². The Kier molecular flexibility index (Phi) is 4.61. The third kappa shape index (κ3) is 2.65. The van der Waals surface area contributed by atoms with E-state index in [0.29, 0.717) is 0 Å². The molecule has 1 rings (SSSR count). The number of ether oxygens (including phenoxy) is 1. The molecule has 0 aliphatic rings. The molecule has 10 heavy (non-hydrogen) atoms. The summed E-state index contributed by atoms with van der Waals surface area (Å²) in [5, 5.41) is 0. The van der Waals surface area contributed by atoms with Crippen molar-refractivity contribution >= 4 is 12.6 Å². The van der Waals surface area contributed by atoms with Crippen LogP contribution in [0.4, 0.5) is 0 Å². The Hall–Kier alpha value is -0.111. The maximum absolute atomic E-state index is 4.95. The van der Waals surface area contributed by atoms with Crippen molar-refractivity contribution in [3.8, 4) is 5.75 Å². The first kappa shape index (κ1) is 9.89. The van der Waals surface area contributed by atoms with Crippen LogP contribution in [0.25, 0.3) is 0 Å². The summed E-state index contributed by atoms with van der Waals surface area (Å²) >= 11 is 4.13. The molecule has 0 fully saturated rings. The summed E-state index contributed by atoms with van der Waals surface area (Å²) in [5.74, 6) is 0.850. The number of methoxy groups -OCH3 is 1. The van der Waals surface area contributed by atoms with Crippen molar-refractivity contribution in [2.75, 3.05) is 7.11 Å². The van der Waals surface area contributed by atoms with Crippen molar-refractivity contribution in [1.29, 1.82) is 0 Å². The van der Waals surface area contributed by atoms with E-state index < -0.39 is 0 Å². The van der Waals surface area contributed by atoms with Gasteiger partial charge >= 0.3 is 0 Å². The maximum Gasteiger partial charge on any atom is 0.119 e. The molecule has 0 amide bonds. The molecule has 0 aliphatic heterocycles. The summed E-state index contributed by atoms with van der Waals surface area (Å²) in [7, 11) is 1.64. The van der Waals surface area contributed by atoms with Gasteiger partial charge in [0.1, 0.15) is 5.75 Å². The predicted molar refractivity (Wildman–Crippen MR) is 40.2 cm³/mol. The minimum absolute atomic E-state index is 0. The van der Waals surface area contributed by atoms with Gasteiger partial charge in [-0.2, -0.15) is 0 Å². The van der Waals surface area contributed by atoms with Crippen molar-refractivity contribution in [2.45, 2.75) is 4.90 Å². The first-order valence-corrected chi connectivity index (χ1v) is 3.10. The van der Waals surface area contributed by atoms with Gasteiger partial charge in [0, 0.05) is 22.0 Å². The van der Waals surface area contributed by atoms with Crippen molar-refractivity contribution in [3.63, 3.8) is 0 Å². The normalized spacial score (nSPS) is 8.20. The number of hydrogen-bond acceptors (Lipinski definition) is 2. The fourth-order valence-corrected chi connectivity index (χ4v) is 0.824. The molecule has 0 aliphatic carbocycles. The molecule has 1 aromatic rings. The predicted octanol–water partition coefficient (Wildman–Crippen LogP) is 1.98. The van der Waals surface area contributed by atoms with Crippen molar-refractivity contribution < 1.29 is 21.8 Å². The number of benzene rings is 1. The Morgan fingerprint density at radius 2 is 2.10 bits per heavy atom. The molecule has 0 unspecified atom stereocenters. The first-order chi connectivity index (χ1) is 4.33.